The fourth-order valence-electron chi connectivity index (χ4n) is 2.50. The average molecular weight is 330 g/mol. The summed E-state index contributed by atoms with van der Waals surface area (Å²) in [7, 11) is 0. The third kappa shape index (κ3) is 3.27. The topological polar surface area (TPSA) is 82.3 Å². The van der Waals surface area contributed by atoms with Crippen LogP contribution in [0.25, 0.3) is 11.1 Å². The zero-order valence-corrected chi connectivity index (χ0v) is 13.8. The summed E-state index contributed by atoms with van der Waals surface area (Å²) in [6.07, 6.45) is 0.549. The Labute approximate surface area is 139 Å². The Kier molecular flexibility index (Phi) is 5.28. The summed E-state index contributed by atoms with van der Waals surface area (Å²) in [4.78, 5) is 28.3. The molecule has 0 spiro atoms. The average Bonchev–Trinajstić information content (AvgIpc) is 2.54. The SMILES string of the molecule is CCOC(=O)c1c(C(C)C)nc(N)c(C=O)c1-c1ccc(F)cc1. The number of carbonyl (C=O) groups is 2. The number of benzene rings is 1. The van der Waals surface area contributed by atoms with Crippen LogP contribution in [0.15, 0.2) is 24.3 Å². The minimum Gasteiger partial charge on any atom is -0.462 e. The number of halogens is 1. The number of hydrogen-bond donors (Lipinski definition) is 1. The highest BCUT2D eigenvalue weighted by Gasteiger charge is 2.26. The number of nitrogens with two attached hydrogens (primary N) is 1. The molecule has 1 heterocycles. The number of pyridine rings is 1. The van der Waals surface area contributed by atoms with Gasteiger partial charge in [-0.25, -0.2) is 14.2 Å². The number of rotatable bonds is 5. The molecule has 0 bridgehead atoms. The maximum atomic E-state index is 13.3. The zero-order valence-electron chi connectivity index (χ0n) is 13.8. The third-order valence-corrected chi connectivity index (χ3v) is 3.57. The molecule has 2 rings (SSSR count). The maximum Gasteiger partial charge on any atom is 0.340 e. The Morgan fingerprint density at radius 1 is 1.33 bits per heavy atom. The number of anilines is 1. The van der Waals surface area contributed by atoms with Crippen LogP contribution in [-0.4, -0.2) is 23.8 Å². The van der Waals surface area contributed by atoms with Gasteiger partial charge >= 0.3 is 5.97 Å². The molecule has 1 aromatic carbocycles. The highest BCUT2D eigenvalue weighted by Crippen LogP contribution is 2.35. The first kappa shape index (κ1) is 17.6. The van der Waals surface area contributed by atoms with Gasteiger partial charge in [0.2, 0.25) is 0 Å². The van der Waals surface area contributed by atoms with Crippen molar-refractivity contribution < 1.29 is 18.7 Å². The van der Waals surface area contributed by atoms with E-state index in [0.717, 1.165) is 0 Å². The van der Waals surface area contributed by atoms with Crippen LogP contribution in [0.1, 0.15) is 53.1 Å². The fraction of sp³-hybridized carbons (Fsp3) is 0.278. The molecule has 0 saturated carbocycles. The Morgan fingerprint density at radius 3 is 2.46 bits per heavy atom. The van der Waals surface area contributed by atoms with Crippen molar-refractivity contribution >= 4 is 18.1 Å². The predicted molar refractivity (Wildman–Crippen MR) is 89.5 cm³/mol. The van der Waals surface area contributed by atoms with Crippen LogP contribution in [0.4, 0.5) is 10.2 Å². The molecule has 0 saturated heterocycles. The summed E-state index contributed by atoms with van der Waals surface area (Å²) in [5.74, 6) is -1.10. The number of nitrogens with zero attached hydrogens (tertiary/aromatic N) is 1. The molecule has 0 aliphatic heterocycles. The van der Waals surface area contributed by atoms with E-state index in [-0.39, 0.29) is 29.5 Å². The van der Waals surface area contributed by atoms with Crippen molar-refractivity contribution in [2.75, 3.05) is 12.3 Å². The Hall–Kier alpha value is -2.76. The second-order valence-corrected chi connectivity index (χ2v) is 5.55. The van der Waals surface area contributed by atoms with Crippen LogP contribution < -0.4 is 5.73 Å². The van der Waals surface area contributed by atoms with Crippen LogP contribution in [0, 0.1) is 5.82 Å². The van der Waals surface area contributed by atoms with Crippen molar-refractivity contribution in [3.8, 4) is 11.1 Å². The molecular weight excluding hydrogens is 311 g/mol. The van der Waals surface area contributed by atoms with E-state index < -0.39 is 11.8 Å². The van der Waals surface area contributed by atoms with Gasteiger partial charge in [-0.05, 0) is 30.5 Å². The predicted octanol–water partition coefficient (Wildman–Crippen LogP) is 3.58. The summed E-state index contributed by atoms with van der Waals surface area (Å²) in [5.41, 5.74) is 7.45. The zero-order chi connectivity index (χ0) is 17.9. The molecular formula is C18H19FN2O3. The van der Waals surface area contributed by atoms with Gasteiger partial charge in [0.15, 0.2) is 6.29 Å². The van der Waals surface area contributed by atoms with Gasteiger partial charge in [-0.2, -0.15) is 0 Å². The molecule has 5 nitrogen and oxygen atoms in total. The molecule has 2 N–H and O–H groups in total. The standard InChI is InChI=1S/C18H19FN2O3/c1-4-24-18(23)15-14(11-5-7-12(19)8-6-11)13(9-22)17(20)21-16(15)10(2)3/h5-10H,4H2,1-3H3,(H2,20,21). The second kappa shape index (κ2) is 7.21. The maximum absolute atomic E-state index is 13.3. The van der Waals surface area contributed by atoms with E-state index in [0.29, 0.717) is 23.1 Å². The van der Waals surface area contributed by atoms with Crippen molar-refractivity contribution in [3.05, 3.63) is 46.9 Å². The van der Waals surface area contributed by atoms with Gasteiger partial charge in [-0.15, -0.1) is 0 Å². The van der Waals surface area contributed by atoms with E-state index in [2.05, 4.69) is 4.98 Å². The number of ether oxygens (including phenoxy) is 1. The molecule has 0 aliphatic carbocycles. The third-order valence-electron chi connectivity index (χ3n) is 3.57. The lowest BCUT2D eigenvalue weighted by atomic mass is 9.91. The van der Waals surface area contributed by atoms with Gasteiger partial charge in [-0.1, -0.05) is 26.0 Å². The molecule has 6 heteroatoms. The van der Waals surface area contributed by atoms with Gasteiger partial charge in [0.25, 0.3) is 0 Å². The number of nitrogen functional groups attached to an aromatic ring is 1. The van der Waals surface area contributed by atoms with Gasteiger partial charge in [-0.3, -0.25) is 4.79 Å². The smallest absolute Gasteiger partial charge is 0.340 e. The highest BCUT2D eigenvalue weighted by atomic mass is 19.1. The first-order chi connectivity index (χ1) is 11.4. The minimum absolute atomic E-state index is 0.0288. The highest BCUT2D eigenvalue weighted by molar-refractivity contribution is 6.05. The van der Waals surface area contributed by atoms with Crippen molar-refractivity contribution in [2.45, 2.75) is 26.7 Å². The molecule has 2 aromatic rings. The monoisotopic (exact) mass is 330 g/mol. The number of carbonyl (C=O) groups excluding carboxylic acids is 2. The largest absolute Gasteiger partial charge is 0.462 e. The van der Waals surface area contributed by atoms with Crippen LogP contribution in [0.3, 0.4) is 0 Å². The molecule has 1 aromatic heterocycles. The number of hydrogen-bond acceptors (Lipinski definition) is 5. The minimum atomic E-state index is -0.587. The molecule has 24 heavy (non-hydrogen) atoms. The summed E-state index contributed by atoms with van der Waals surface area (Å²) < 4.78 is 18.4. The lowest BCUT2D eigenvalue weighted by Gasteiger charge is -2.18. The Morgan fingerprint density at radius 2 is 1.96 bits per heavy atom. The second-order valence-electron chi connectivity index (χ2n) is 5.55. The van der Waals surface area contributed by atoms with E-state index in [1.165, 1.54) is 24.3 Å². The van der Waals surface area contributed by atoms with E-state index in [9.17, 15) is 14.0 Å². The lowest BCUT2D eigenvalue weighted by Crippen LogP contribution is -2.16. The molecule has 0 radical (unpaired) electrons. The van der Waals surface area contributed by atoms with Gasteiger partial charge < -0.3 is 10.5 Å². The molecule has 0 amide bonds. The van der Waals surface area contributed by atoms with Gasteiger partial charge in [0.05, 0.1) is 23.4 Å². The number of aromatic nitrogens is 1. The molecule has 0 atom stereocenters. The first-order valence-electron chi connectivity index (χ1n) is 7.62. The number of aldehydes is 1. The van der Waals surface area contributed by atoms with Crippen molar-refractivity contribution in [1.82, 2.24) is 4.98 Å². The van der Waals surface area contributed by atoms with Crippen LogP contribution >= 0.6 is 0 Å². The molecule has 126 valence electrons. The Balaban J connectivity index is 2.88. The van der Waals surface area contributed by atoms with Crippen molar-refractivity contribution in [3.63, 3.8) is 0 Å². The van der Waals surface area contributed by atoms with Gasteiger partial charge in [0, 0.05) is 5.56 Å². The van der Waals surface area contributed by atoms with Crippen molar-refractivity contribution in [1.29, 1.82) is 0 Å². The molecule has 0 aliphatic rings. The molecule has 0 unspecified atom stereocenters. The van der Waals surface area contributed by atoms with E-state index in [4.69, 9.17) is 10.5 Å². The molecule has 0 fully saturated rings. The van der Waals surface area contributed by atoms with Crippen molar-refractivity contribution in [2.24, 2.45) is 0 Å². The normalized spacial score (nSPS) is 10.7. The summed E-state index contributed by atoms with van der Waals surface area (Å²) in [6.45, 7) is 5.59. The summed E-state index contributed by atoms with van der Waals surface area (Å²) in [6, 6.07) is 5.49. The quantitative estimate of drug-likeness (QED) is 0.669. The van der Waals surface area contributed by atoms with Crippen LogP contribution in [-0.2, 0) is 4.74 Å². The van der Waals surface area contributed by atoms with E-state index >= 15 is 0 Å². The fourth-order valence-corrected chi connectivity index (χ4v) is 2.50. The first-order valence-corrected chi connectivity index (χ1v) is 7.62. The van der Waals surface area contributed by atoms with Crippen LogP contribution in [0.2, 0.25) is 0 Å². The Bertz CT molecular complexity index is 771. The summed E-state index contributed by atoms with van der Waals surface area (Å²) in [5, 5.41) is 0. The van der Waals surface area contributed by atoms with E-state index in [1.54, 1.807) is 6.92 Å². The number of esters is 1. The van der Waals surface area contributed by atoms with Gasteiger partial charge in [0.1, 0.15) is 11.6 Å². The van der Waals surface area contributed by atoms with Crippen LogP contribution in [0.5, 0.6) is 0 Å². The van der Waals surface area contributed by atoms with E-state index in [1.807, 2.05) is 13.8 Å². The summed E-state index contributed by atoms with van der Waals surface area (Å²) >= 11 is 0. The lowest BCUT2D eigenvalue weighted by molar-refractivity contribution is 0.0525.